The van der Waals surface area contributed by atoms with E-state index in [9.17, 15) is 0 Å². The van der Waals surface area contributed by atoms with Gasteiger partial charge in [-0.1, -0.05) is 40.5 Å². The Morgan fingerprint density at radius 2 is 2.00 bits per heavy atom. The van der Waals surface area contributed by atoms with Crippen LogP contribution in [0.15, 0.2) is 41.0 Å². The van der Waals surface area contributed by atoms with E-state index in [-0.39, 0.29) is 5.41 Å². The molecule has 1 saturated carbocycles. The minimum absolute atomic E-state index is 0.0112. The van der Waals surface area contributed by atoms with E-state index in [1.165, 1.54) is 6.42 Å². The number of hydrogen-bond donors (Lipinski definition) is 1. The first-order valence-corrected chi connectivity index (χ1v) is 7.33. The van der Waals surface area contributed by atoms with E-state index >= 15 is 0 Å². The molecule has 1 aliphatic rings. The summed E-state index contributed by atoms with van der Waals surface area (Å²) in [6.07, 6.45) is 5.26. The lowest BCUT2D eigenvalue weighted by Crippen LogP contribution is -2.43. The molecule has 0 amide bonds. The SMILES string of the molecule is NCC1(c2nccc(-c3ccccc3Br)n2)CCC1. The van der Waals surface area contributed by atoms with Crippen LogP contribution in [0.5, 0.6) is 0 Å². The predicted molar refractivity (Wildman–Crippen MR) is 79.8 cm³/mol. The second-order valence-electron chi connectivity index (χ2n) is 5.08. The zero-order valence-electron chi connectivity index (χ0n) is 10.6. The van der Waals surface area contributed by atoms with Crippen molar-refractivity contribution in [2.45, 2.75) is 24.7 Å². The highest BCUT2D eigenvalue weighted by Gasteiger charge is 2.40. The predicted octanol–water partition coefficient (Wildman–Crippen LogP) is 3.29. The molecule has 2 aromatic rings. The fourth-order valence-corrected chi connectivity index (χ4v) is 3.04. The van der Waals surface area contributed by atoms with Crippen molar-refractivity contribution in [2.24, 2.45) is 5.73 Å². The van der Waals surface area contributed by atoms with Crippen LogP contribution in [0.3, 0.4) is 0 Å². The molecule has 1 aromatic carbocycles. The van der Waals surface area contributed by atoms with Gasteiger partial charge in [-0.2, -0.15) is 0 Å². The first-order chi connectivity index (χ1) is 9.25. The number of halogens is 1. The average molecular weight is 318 g/mol. The Morgan fingerprint density at radius 3 is 2.63 bits per heavy atom. The molecular weight excluding hydrogens is 302 g/mol. The maximum atomic E-state index is 5.93. The van der Waals surface area contributed by atoms with E-state index in [0.29, 0.717) is 6.54 Å². The van der Waals surface area contributed by atoms with Gasteiger partial charge in [0.25, 0.3) is 0 Å². The van der Waals surface area contributed by atoms with E-state index in [1.807, 2.05) is 30.5 Å². The molecule has 0 aliphatic heterocycles. The number of nitrogens with zero attached hydrogens (tertiary/aromatic N) is 2. The summed E-state index contributed by atoms with van der Waals surface area (Å²) in [5, 5.41) is 0. The van der Waals surface area contributed by atoms with Crippen LogP contribution in [0, 0.1) is 0 Å². The third-order valence-corrected chi connectivity index (χ3v) is 4.67. The standard InChI is InChI=1S/C15H16BrN3/c16-12-5-2-1-4-11(12)13-6-9-18-14(19-13)15(10-17)7-3-8-15/h1-2,4-6,9H,3,7-8,10,17H2. The van der Waals surface area contributed by atoms with Gasteiger partial charge in [0.1, 0.15) is 5.82 Å². The first-order valence-electron chi connectivity index (χ1n) is 6.54. The van der Waals surface area contributed by atoms with Crippen LogP contribution >= 0.6 is 15.9 Å². The maximum Gasteiger partial charge on any atom is 0.136 e. The molecule has 0 spiro atoms. The molecule has 1 aliphatic carbocycles. The molecule has 0 radical (unpaired) electrons. The lowest BCUT2D eigenvalue weighted by atomic mass is 9.68. The quantitative estimate of drug-likeness (QED) is 0.945. The van der Waals surface area contributed by atoms with Gasteiger partial charge in [-0.3, -0.25) is 0 Å². The third-order valence-electron chi connectivity index (χ3n) is 3.98. The fraction of sp³-hybridized carbons (Fsp3) is 0.333. The van der Waals surface area contributed by atoms with Crippen LogP contribution in [-0.2, 0) is 5.41 Å². The van der Waals surface area contributed by atoms with Gasteiger partial charge >= 0.3 is 0 Å². The third kappa shape index (κ3) is 2.19. The normalized spacial score (nSPS) is 16.9. The Hall–Kier alpha value is -1.26. The Kier molecular flexibility index (Phi) is 3.37. The Balaban J connectivity index is 2.03. The Labute approximate surface area is 121 Å². The minimum atomic E-state index is 0.0112. The molecule has 3 rings (SSSR count). The lowest BCUT2D eigenvalue weighted by Gasteiger charge is -2.39. The summed E-state index contributed by atoms with van der Waals surface area (Å²) < 4.78 is 1.05. The minimum Gasteiger partial charge on any atom is -0.329 e. The summed E-state index contributed by atoms with van der Waals surface area (Å²) in [5.74, 6) is 0.898. The van der Waals surface area contributed by atoms with Crippen LogP contribution in [0.2, 0.25) is 0 Å². The van der Waals surface area contributed by atoms with Gasteiger partial charge in [-0.15, -0.1) is 0 Å². The highest BCUT2D eigenvalue weighted by Crippen LogP contribution is 2.41. The second kappa shape index (κ2) is 5.02. The molecule has 0 bridgehead atoms. The number of benzene rings is 1. The van der Waals surface area contributed by atoms with Crippen molar-refractivity contribution >= 4 is 15.9 Å². The van der Waals surface area contributed by atoms with Crippen LogP contribution in [-0.4, -0.2) is 16.5 Å². The molecular formula is C15H16BrN3. The van der Waals surface area contributed by atoms with Crippen molar-refractivity contribution in [1.29, 1.82) is 0 Å². The molecule has 1 aromatic heterocycles. The molecule has 4 heteroatoms. The van der Waals surface area contributed by atoms with Gasteiger partial charge in [0.2, 0.25) is 0 Å². The maximum absolute atomic E-state index is 5.93. The molecule has 0 saturated heterocycles. The van der Waals surface area contributed by atoms with Gasteiger partial charge in [0.05, 0.1) is 5.69 Å². The molecule has 1 heterocycles. The first kappa shape index (κ1) is 12.8. The number of rotatable bonds is 3. The topological polar surface area (TPSA) is 51.8 Å². The van der Waals surface area contributed by atoms with Crippen LogP contribution in [0.25, 0.3) is 11.3 Å². The van der Waals surface area contributed by atoms with E-state index in [4.69, 9.17) is 10.7 Å². The van der Waals surface area contributed by atoms with Gasteiger partial charge in [-0.05, 0) is 25.0 Å². The van der Waals surface area contributed by atoms with Crippen LogP contribution in [0.4, 0.5) is 0 Å². The van der Waals surface area contributed by atoms with Gasteiger partial charge in [0, 0.05) is 28.2 Å². The number of aromatic nitrogens is 2. The second-order valence-corrected chi connectivity index (χ2v) is 5.94. The van der Waals surface area contributed by atoms with Crippen molar-refractivity contribution in [3.05, 3.63) is 46.8 Å². The number of nitrogens with two attached hydrogens (primary N) is 1. The smallest absolute Gasteiger partial charge is 0.136 e. The molecule has 19 heavy (non-hydrogen) atoms. The zero-order valence-corrected chi connectivity index (χ0v) is 12.2. The molecule has 0 unspecified atom stereocenters. The van der Waals surface area contributed by atoms with Crippen molar-refractivity contribution in [3.63, 3.8) is 0 Å². The molecule has 2 N–H and O–H groups in total. The fourth-order valence-electron chi connectivity index (χ4n) is 2.56. The monoisotopic (exact) mass is 317 g/mol. The molecule has 98 valence electrons. The molecule has 3 nitrogen and oxygen atoms in total. The summed E-state index contributed by atoms with van der Waals surface area (Å²) in [7, 11) is 0. The van der Waals surface area contributed by atoms with Gasteiger partial charge in [0.15, 0.2) is 0 Å². The van der Waals surface area contributed by atoms with Gasteiger partial charge < -0.3 is 5.73 Å². The zero-order chi connectivity index (χ0) is 13.3. The van der Waals surface area contributed by atoms with Crippen molar-refractivity contribution in [1.82, 2.24) is 9.97 Å². The van der Waals surface area contributed by atoms with E-state index in [2.05, 4.69) is 27.0 Å². The van der Waals surface area contributed by atoms with Crippen LogP contribution < -0.4 is 5.73 Å². The Bertz CT molecular complexity index is 588. The van der Waals surface area contributed by atoms with Crippen molar-refractivity contribution in [3.8, 4) is 11.3 Å². The lowest BCUT2D eigenvalue weighted by molar-refractivity contribution is 0.238. The summed E-state index contributed by atoms with van der Waals surface area (Å²) in [6, 6.07) is 10.1. The van der Waals surface area contributed by atoms with Crippen molar-refractivity contribution in [2.75, 3.05) is 6.54 Å². The van der Waals surface area contributed by atoms with Crippen LogP contribution in [0.1, 0.15) is 25.1 Å². The van der Waals surface area contributed by atoms with E-state index in [0.717, 1.165) is 34.4 Å². The van der Waals surface area contributed by atoms with Crippen molar-refractivity contribution < 1.29 is 0 Å². The summed E-state index contributed by atoms with van der Waals surface area (Å²) in [6.45, 7) is 0.631. The van der Waals surface area contributed by atoms with Gasteiger partial charge in [-0.25, -0.2) is 9.97 Å². The van der Waals surface area contributed by atoms with E-state index < -0.39 is 0 Å². The summed E-state index contributed by atoms with van der Waals surface area (Å²) in [5.41, 5.74) is 7.99. The highest BCUT2D eigenvalue weighted by molar-refractivity contribution is 9.10. The average Bonchev–Trinajstić information content (AvgIpc) is 2.39. The number of hydrogen-bond acceptors (Lipinski definition) is 3. The summed E-state index contributed by atoms with van der Waals surface area (Å²) in [4.78, 5) is 9.20. The van der Waals surface area contributed by atoms with E-state index in [1.54, 1.807) is 0 Å². The largest absolute Gasteiger partial charge is 0.329 e. The molecule has 1 fully saturated rings. The molecule has 0 atom stereocenters. The highest BCUT2D eigenvalue weighted by atomic mass is 79.9. The summed E-state index contributed by atoms with van der Waals surface area (Å²) >= 11 is 3.57. The Morgan fingerprint density at radius 1 is 1.21 bits per heavy atom.